The largest absolute Gasteiger partial charge is 0.416 e. The minimum absolute atomic E-state index is 0.0718. The second-order valence-corrected chi connectivity index (χ2v) is 7.48. The third-order valence-corrected chi connectivity index (χ3v) is 4.93. The molecule has 0 radical (unpaired) electrons. The van der Waals surface area contributed by atoms with E-state index >= 15 is 0 Å². The molecule has 0 aliphatic heterocycles. The van der Waals surface area contributed by atoms with Crippen molar-refractivity contribution in [3.63, 3.8) is 0 Å². The molecule has 0 atom stereocenters. The first-order valence-electron chi connectivity index (χ1n) is 10.1. The Morgan fingerprint density at radius 2 is 1.76 bits per heavy atom. The summed E-state index contributed by atoms with van der Waals surface area (Å²) >= 11 is 0. The molecule has 0 spiro atoms. The van der Waals surface area contributed by atoms with E-state index in [9.17, 15) is 22.8 Å². The molecule has 2 aromatic carbocycles. The molecule has 172 valence electrons. The molecule has 2 aromatic heterocycles. The van der Waals surface area contributed by atoms with Crippen LogP contribution in [0.1, 0.15) is 27.6 Å². The van der Waals surface area contributed by atoms with Crippen molar-refractivity contribution < 1.29 is 18.0 Å². The van der Waals surface area contributed by atoms with Gasteiger partial charge in [0, 0.05) is 29.2 Å². The van der Waals surface area contributed by atoms with Crippen molar-refractivity contribution in [3.05, 3.63) is 99.9 Å². The van der Waals surface area contributed by atoms with E-state index in [-0.39, 0.29) is 11.4 Å². The van der Waals surface area contributed by atoms with Gasteiger partial charge in [0.15, 0.2) is 5.69 Å². The van der Waals surface area contributed by atoms with E-state index in [4.69, 9.17) is 0 Å². The highest BCUT2D eigenvalue weighted by molar-refractivity contribution is 6.03. The van der Waals surface area contributed by atoms with Gasteiger partial charge in [-0.2, -0.15) is 18.3 Å². The zero-order valence-electron chi connectivity index (χ0n) is 18.1. The Bertz CT molecular complexity index is 1450. The topological polar surface area (TPSA) is 89.8 Å². The number of hydrogen-bond acceptors (Lipinski definition) is 5. The van der Waals surface area contributed by atoms with E-state index in [1.54, 1.807) is 37.4 Å². The van der Waals surface area contributed by atoms with Crippen LogP contribution in [-0.4, -0.2) is 25.7 Å². The molecule has 0 bridgehead atoms. The van der Waals surface area contributed by atoms with Crippen LogP contribution < -0.4 is 10.7 Å². The van der Waals surface area contributed by atoms with Crippen molar-refractivity contribution in [3.8, 4) is 16.9 Å². The summed E-state index contributed by atoms with van der Waals surface area (Å²) in [5.74, 6) is -0.201. The van der Waals surface area contributed by atoms with Crippen LogP contribution in [0.3, 0.4) is 0 Å². The van der Waals surface area contributed by atoms with Crippen LogP contribution in [0, 0.1) is 13.8 Å². The standard InChI is InChI=1S/C24H18F3N5O2/c1-14-11-21(33)22(31-32(14)19-8-4-6-17(13-19)24(25,26)27)23(34)30-18-7-3-5-16(12-18)20-9-10-28-15(2)29-20/h3-13H,1-2H3,(H,30,34). The number of amides is 1. The Kier molecular flexibility index (Phi) is 5.97. The van der Waals surface area contributed by atoms with Crippen molar-refractivity contribution >= 4 is 11.6 Å². The van der Waals surface area contributed by atoms with Gasteiger partial charge in [-0.25, -0.2) is 14.6 Å². The number of nitrogens with zero attached hydrogens (tertiary/aromatic N) is 4. The second kappa shape index (κ2) is 8.89. The van der Waals surface area contributed by atoms with Gasteiger partial charge in [0.2, 0.25) is 5.43 Å². The Balaban J connectivity index is 1.67. The number of carbonyl (C=O) groups is 1. The van der Waals surface area contributed by atoms with Gasteiger partial charge in [-0.3, -0.25) is 9.59 Å². The molecule has 7 nitrogen and oxygen atoms in total. The Hall–Kier alpha value is -4.34. The maximum absolute atomic E-state index is 13.1. The van der Waals surface area contributed by atoms with E-state index in [2.05, 4.69) is 20.4 Å². The van der Waals surface area contributed by atoms with E-state index in [1.165, 1.54) is 19.1 Å². The minimum Gasteiger partial charge on any atom is -0.320 e. The Morgan fingerprint density at radius 1 is 1.00 bits per heavy atom. The molecule has 0 fully saturated rings. The van der Waals surface area contributed by atoms with Crippen LogP contribution in [0.5, 0.6) is 0 Å². The Morgan fingerprint density at radius 3 is 2.50 bits per heavy atom. The van der Waals surface area contributed by atoms with Gasteiger partial charge < -0.3 is 5.32 Å². The van der Waals surface area contributed by atoms with Crippen molar-refractivity contribution in [2.75, 3.05) is 5.32 Å². The predicted molar refractivity (Wildman–Crippen MR) is 120 cm³/mol. The SMILES string of the molecule is Cc1nccc(-c2cccc(NC(=O)c3nn(-c4cccc(C(F)(F)F)c4)c(C)cc3=O)c2)n1. The summed E-state index contributed by atoms with van der Waals surface area (Å²) in [6.07, 6.45) is -2.92. The maximum atomic E-state index is 13.1. The number of benzene rings is 2. The number of rotatable bonds is 4. The third kappa shape index (κ3) is 4.85. The normalized spacial score (nSPS) is 11.3. The van der Waals surface area contributed by atoms with Crippen LogP contribution in [0.25, 0.3) is 16.9 Å². The smallest absolute Gasteiger partial charge is 0.320 e. The lowest BCUT2D eigenvalue weighted by Gasteiger charge is -2.14. The molecule has 1 amide bonds. The van der Waals surface area contributed by atoms with Crippen LogP contribution >= 0.6 is 0 Å². The number of halogens is 3. The van der Waals surface area contributed by atoms with Crippen molar-refractivity contribution in [2.45, 2.75) is 20.0 Å². The first-order valence-corrected chi connectivity index (χ1v) is 10.1. The molecule has 1 N–H and O–H groups in total. The summed E-state index contributed by atoms with van der Waals surface area (Å²) in [5, 5.41) is 6.68. The fraction of sp³-hybridized carbons (Fsp3) is 0.125. The average Bonchev–Trinajstić information content (AvgIpc) is 2.79. The number of aromatic nitrogens is 4. The number of hydrogen-bond donors (Lipinski definition) is 1. The fourth-order valence-corrected chi connectivity index (χ4v) is 3.34. The summed E-state index contributed by atoms with van der Waals surface area (Å²) < 4.78 is 40.5. The molecule has 0 aliphatic rings. The molecular weight excluding hydrogens is 447 g/mol. The number of anilines is 1. The highest BCUT2D eigenvalue weighted by Crippen LogP contribution is 2.30. The molecule has 2 heterocycles. The van der Waals surface area contributed by atoms with Crippen molar-refractivity contribution in [1.29, 1.82) is 0 Å². The predicted octanol–water partition coefficient (Wildman–Crippen LogP) is 4.58. The molecule has 0 aliphatic carbocycles. The van der Waals surface area contributed by atoms with Crippen molar-refractivity contribution in [2.24, 2.45) is 0 Å². The maximum Gasteiger partial charge on any atom is 0.416 e. The van der Waals surface area contributed by atoms with E-state index in [1.807, 2.05) is 6.07 Å². The third-order valence-electron chi connectivity index (χ3n) is 4.93. The lowest BCUT2D eigenvalue weighted by molar-refractivity contribution is -0.137. The summed E-state index contributed by atoms with van der Waals surface area (Å²) in [5.41, 5.74) is 0.154. The van der Waals surface area contributed by atoms with Gasteiger partial charge in [0.05, 0.1) is 16.9 Å². The van der Waals surface area contributed by atoms with Gasteiger partial charge in [-0.1, -0.05) is 18.2 Å². The van der Waals surface area contributed by atoms with E-state index < -0.39 is 28.8 Å². The zero-order valence-corrected chi connectivity index (χ0v) is 18.1. The molecule has 0 saturated heterocycles. The zero-order chi connectivity index (χ0) is 24.5. The van der Waals surface area contributed by atoms with Gasteiger partial charge in [0.1, 0.15) is 5.82 Å². The van der Waals surface area contributed by atoms with E-state index in [0.29, 0.717) is 17.2 Å². The molecule has 10 heteroatoms. The molecule has 0 unspecified atom stereocenters. The highest BCUT2D eigenvalue weighted by Gasteiger charge is 2.30. The quantitative estimate of drug-likeness (QED) is 0.477. The van der Waals surface area contributed by atoms with Crippen LogP contribution in [0.15, 0.2) is 71.7 Å². The summed E-state index contributed by atoms with van der Waals surface area (Å²) in [6.45, 7) is 3.27. The molecule has 4 aromatic rings. The fourth-order valence-electron chi connectivity index (χ4n) is 3.34. The van der Waals surface area contributed by atoms with Gasteiger partial charge in [0.25, 0.3) is 5.91 Å². The van der Waals surface area contributed by atoms with Gasteiger partial charge in [-0.05, 0) is 50.2 Å². The molecule has 34 heavy (non-hydrogen) atoms. The number of nitrogens with one attached hydrogen (secondary N) is 1. The summed E-state index contributed by atoms with van der Waals surface area (Å²) in [7, 11) is 0. The minimum atomic E-state index is -4.55. The van der Waals surface area contributed by atoms with Crippen LogP contribution in [-0.2, 0) is 6.18 Å². The number of aryl methyl sites for hydroxylation is 2. The van der Waals surface area contributed by atoms with Crippen LogP contribution in [0.2, 0.25) is 0 Å². The number of carbonyl (C=O) groups excluding carboxylic acids is 1. The van der Waals surface area contributed by atoms with Gasteiger partial charge in [-0.15, -0.1) is 0 Å². The van der Waals surface area contributed by atoms with Gasteiger partial charge >= 0.3 is 6.18 Å². The highest BCUT2D eigenvalue weighted by atomic mass is 19.4. The molecule has 4 rings (SSSR count). The Labute approximate surface area is 191 Å². The van der Waals surface area contributed by atoms with Crippen molar-refractivity contribution in [1.82, 2.24) is 19.7 Å². The molecular formula is C24H18F3N5O2. The first-order chi connectivity index (χ1) is 16.1. The second-order valence-electron chi connectivity index (χ2n) is 7.48. The summed E-state index contributed by atoms with van der Waals surface area (Å²) in [4.78, 5) is 33.7. The lowest BCUT2D eigenvalue weighted by Crippen LogP contribution is -2.27. The first kappa shape index (κ1) is 22.8. The molecule has 0 saturated carbocycles. The monoisotopic (exact) mass is 465 g/mol. The summed E-state index contributed by atoms with van der Waals surface area (Å²) in [6, 6.07) is 14.2. The van der Waals surface area contributed by atoms with Crippen LogP contribution in [0.4, 0.5) is 18.9 Å². The number of alkyl halides is 3. The van der Waals surface area contributed by atoms with E-state index in [0.717, 1.165) is 28.4 Å². The lowest BCUT2D eigenvalue weighted by atomic mass is 10.1. The average molecular weight is 465 g/mol.